The molecule has 11 unspecified atom stereocenters. The first-order valence-corrected chi connectivity index (χ1v) is 33.1. The molecule has 0 bridgehead atoms. The number of hydrogen-bond donors (Lipinski definition) is 17. The predicted molar refractivity (Wildman–Crippen MR) is 361 cm³/mol. The van der Waals surface area contributed by atoms with Crippen molar-refractivity contribution in [3.8, 4) is 5.75 Å². The zero-order valence-corrected chi connectivity index (χ0v) is 55.8. The van der Waals surface area contributed by atoms with Crippen molar-refractivity contribution in [3.63, 3.8) is 0 Å². The van der Waals surface area contributed by atoms with E-state index in [1.54, 1.807) is 86.6 Å². The third kappa shape index (κ3) is 25.6. The molecule has 0 radical (unpaired) electrons. The van der Waals surface area contributed by atoms with Crippen molar-refractivity contribution in [2.24, 2.45) is 45.3 Å². The van der Waals surface area contributed by atoms with Gasteiger partial charge < -0.3 is 102 Å². The molecule has 0 aliphatic carbocycles. The second kappa shape index (κ2) is 40.4. The fourth-order valence-electron chi connectivity index (χ4n) is 11.4. The molecule has 33 heteroatoms. The Kier molecular flexibility index (Phi) is 32.4. The normalized spacial score (nSPS) is 16.8. The number of phenolic OH excluding ortho intramolecular Hbond substituents is 1. The van der Waals surface area contributed by atoms with Crippen LogP contribution in [0.2, 0.25) is 0 Å². The number of unbranched alkanes of at least 4 members (excludes halogenated alkanes) is 1. The number of aliphatic imine (C=N–C) groups is 1. The molecule has 2 heterocycles. The van der Waals surface area contributed by atoms with E-state index in [4.69, 9.17) is 34.4 Å². The van der Waals surface area contributed by atoms with Crippen molar-refractivity contribution in [1.29, 1.82) is 0 Å². The average molecular weight is 1380 g/mol. The van der Waals surface area contributed by atoms with E-state index in [0.717, 1.165) is 0 Å². The number of phenols is 1. The van der Waals surface area contributed by atoms with E-state index < -0.39 is 169 Å². The quantitative estimate of drug-likeness (QED) is 0.0144. The molecule has 0 spiro atoms. The van der Waals surface area contributed by atoms with Gasteiger partial charge in [-0.1, -0.05) is 93.1 Å². The van der Waals surface area contributed by atoms with E-state index in [0.29, 0.717) is 48.8 Å². The van der Waals surface area contributed by atoms with E-state index in [2.05, 4.69) is 52.8 Å². The van der Waals surface area contributed by atoms with Crippen LogP contribution in [0.5, 0.6) is 5.75 Å². The number of aliphatic hydroxyl groups excluding tert-OH is 1. The highest BCUT2D eigenvalue weighted by Gasteiger charge is 2.45. The molecule has 2 aliphatic rings. The second-order valence-corrected chi connectivity index (χ2v) is 24.5. The van der Waals surface area contributed by atoms with Gasteiger partial charge in [0.15, 0.2) is 5.96 Å². The van der Waals surface area contributed by atoms with Crippen molar-refractivity contribution in [2.45, 2.75) is 164 Å². The molecule has 3 aromatic rings. The minimum Gasteiger partial charge on any atom is -0.508 e. The molecule has 540 valence electrons. The number of nitrogens with zero attached hydrogens (tertiary/aromatic N) is 3. The third-order valence-corrected chi connectivity index (χ3v) is 17.0. The lowest BCUT2D eigenvalue weighted by Gasteiger charge is -2.34. The number of rotatable bonds is 40. The van der Waals surface area contributed by atoms with Crippen molar-refractivity contribution < 1.29 is 72.5 Å². The zero-order valence-electron chi connectivity index (χ0n) is 55.8. The molecular formula is C66H96N18O15. The Morgan fingerprint density at radius 2 is 1.06 bits per heavy atom. The molecule has 13 amide bonds. The Labute approximate surface area is 573 Å². The maximum atomic E-state index is 14.8. The number of aliphatic hydroxyl groups is 1. The van der Waals surface area contributed by atoms with Crippen LogP contribution in [-0.4, -0.2) is 209 Å². The van der Waals surface area contributed by atoms with Crippen molar-refractivity contribution in [2.75, 3.05) is 45.9 Å². The summed E-state index contributed by atoms with van der Waals surface area (Å²) in [4.78, 5) is 185. The lowest BCUT2D eigenvalue weighted by Crippen LogP contribution is -2.60. The van der Waals surface area contributed by atoms with Crippen molar-refractivity contribution in [1.82, 2.24) is 57.7 Å². The molecule has 23 N–H and O–H groups in total. The Bertz CT molecular complexity index is 3290. The SMILES string of the molecule is CCC(C)C(NC(=O)C(CO)NC(=O)CNC(=O)C(CC(N)=O)NC(=O)C(Cc1ccccc1)NC(=O)C1CCCN1C(=O)C1CCCN1C(=O)C(CCCCN)NC(=O)C(CCCN=C(N)N)NC(=O)C(Cc1ccc(O)cc1)NC(=O)CN)C(=O)NC(Cc1ccccc1)C(N)=O. The van der Waals surface area contributed by atoms with E-state index in [1.807, 2.05) is 0 Å². The molecular weight excluding hydrogens is 1280 g/mol. The molecule has 2 saturated heterocycles. The summed E-state index contributed by atoms with van der Waals surface area (Å²) in [5.41, 5.74) is 35.5. The minimum absolute atomic E-state index is 0.0334. The summed E-state index contributed by atoms with van der Waals surface area (Å²) < 4.78 is 0. The van der Waals surface area contributed by atoms with Crippen LogP contribution in [0.4, 0.5) is 0 Å². The van der Waals surface area contributed by atoms with Crippen LogP contribution in [0.15, 0.2) is 89.9 Å². The topological polar surface area (TPSA) is 546 Å². The van der Waals surface area contributed by atoms with Gasteiger partial charge in [-0.3, -0.25) is 67.3 Å². The maximum absolute atomic E-state index is 14.8. The Hall–Kier alpha value is -10.3. The summed E-state index contributed by atoms with van der Waals surface area (Å²) in [6.07, 6.45) is 1.39. The standard InChI is InChI=1S/C66H96N18O15/c1-3-38(2)55(63(97)79-45(56(70)90)31-39-15-6-4-7-16-39)82-61(95)49(37-85)76-54(89)36-74-57(91)48(34-52(69)87)80-60(94)47(32-40-17-8-5-9-18-40)81-62(96)50-21-13-29-83(50)65(99)51-22-14-30-84(51)64(98)44(19-10-11-27-67)78-58(92)43(20-12-28-73-66(71)72)77-59(93)46(75-53(88)35-68)33-41-23-25-42(86)26-24-41/h4-9,15-18,23-26,38,43-51,55,85-86H,3,10-14,19-22,27-37,67-68H2,1-2H3,(H2,69,87)(H2,70,90)(H,74,91)(H,75,88)(H,76,89)(H,77,93)(H,78,92)(H,79,97)(H,80,94)(H,81,96)(H,82,95)(H4,71,72,73). The molecule has 5 rings (SSSR count). The minimum atomic E-state index is -1.75. The zero-order chi connectivity index (χ0) is 72.7. The van der Waals surface area contributed by atoms with Gasteiger partial charge in [-0.15, -0.1) is 0 Å². The van der Waals surface area contributed by atoms with Crippen LogP contribution in [0.25, 0.3) is 0 Å². The third-order valence-electron chi connectivity index (χ3n) is 17.0. The van der Waals surface area contributed by atoms with E-state index in [9.17, 15) is 72.5 Å². The number of aromatic hydroxyl groups is 1. The maximum Gasteiger partial charge on any atom is 0.246 e. The van der Waals surface area contributed by atoms with Crippen LogP contribution in [0, 0.1) is 5.92 Å². The van der Waals surface area contributed by atoms with Crippen molar-refractivity contribution >= 4 is 82.8 Å². The molecule has 0 saturated carbocycles. The Balaban J connectivity index is 1.28. The fraction of sp³-hybridized carbons (Fsp3) is 0.515. The Morgan fingerprint density at radius 3 is 1.63 bits per heavy atom. The lowest BCUT2D eigenvalue weighted by atomic mass is 9.97. The summed E-state index contributed by atoms with van der Waals surface area (Å²) >= 11 is 0. The van der Waals surface area contributed by atoms with E-state index in [-0.39, 0.29) is 89.3 Å². The highest BCUT2D eigenvalue weighted by molar-refractivity contribution is 6.00. The van der Waals surface area contributed by atoms with Crippen LogP contribution in [0.1, 0.15) is 101 Å². The smallest absolute Gasteiger partial charge is 0.246 e. The first-order valence-electron chi connectivity index (χ1n) is 33.1. The largest absolute Gasteiger partial charge is 0.508 e. The number of nitrogens with one attached hydrogen (secondary N) is 9. The number of amides is 13. The van der Waals surface area contributed by atoms with Crippen LogP contribution < -0.4 is 82.3 Å². The van der Waals surface area contributed by atoms with Gasteiger partial charge in [-0.2, -0.15) is 0 Å². The lowest BCUT2D eigenvalue weighted by molar-refractivity contribution is -0.148. The van der Waals surface area contributed by atoms with Crippen LogP contribution >= 0.6 is 0 Å². The fourth-order valence-corrected chi connectivity index (χ4v) is 11.4. The summed E-state index contributed by atoms with van der Waals surface area (Å²) in [5.74, 6) is -11.7. The average Bonchev–Trinajstić information content (AvgIpc) is 1.68. The molecule has 2 aliphatic heterocycles. The number of guanidine groups is 1. The number of benzene rings is 3. The van der Waals surface area contributed by atoms with Gasteiger partial charge in [-0.05, 0) is 99.1 Å². The van der Waals surface area contributed by atoms with E-state index >= 15 is 0 Å². The summed E-state index contributed by atoms with van der Waals surface area (Å²) in [7, 11) is 0. The van der Waals surface area contributed by atoms with Crippen molar-refractivity contribution in [3.05, 3.63) is 102 Å². The van der Waals surface area contributed by atoms with Gasteiger partial charge in [-0.25, -0.2) is 0 Å². The molecule has 3 aromatic carbocycles. The predicted octanol–water partition coefficient (Wildman–Crippen LogP) is -5.06. The number of carbonyl (C=O) groups excluding carboxylic acids is 13. The monoisotopic (exact) mass is 1380 g/mol. The molecule has 33 nitrogen and oxygen atoms in total. The molecule has 11 atom stereocenters. The second-order valence-electron chi connectivity index (χ2n) is 24.5. The molecule has 0 aromatic heterocycles. The highest BCUT2D eigenvalue weighted by Crippen LogP contribution is 2.27. The van der Waals surface area contributed by atoms with E-state index in [1.165, 1.54) is 21.9 Å². The van der Waals surface area contributed by atoms with Crippen LogP contribution in [-0.2, 0) is 81.6 Å². The summed E-state index contributed by atoms with van der Waals surface area (Å²) in [6.45, 7) is 1.57. The van der Waals surface area contributed by atoms with Gasteiger partial charge in [0.1, 0.15) is 66.2 Å². The van der Waals surface area contributed by atoms with Gasteiger partial charge in [0.25, 0.3) is 0 Å². The molecule has 99 heavy (non-hydrogen) atoms. The number of nitrogens with two attached hydrogens (primary N) is 6. The van der Waals surface area contributed by atoms with Gasteiger partial charge in [0, 0.05) is 38.9 Å². The first kappa shape index (κ1) is 79.4. The number of likely N-dealkylation sites (tertiary alicyclic amines) is 2. The molecule has 2 fully saturated rings. The first-order chi connectivity index (χ1) is 47.3. The number of hydrogen-bond acceptors (Lipinski definition) is 18. The number of primary amides is 2. The van der Waals surface area contributed by atoms with Crippen LogP contribution in [0.3, 0.4) is 0 Å². The van der Waals surface area contributed by atoms with Gasteiger partial charge >= 0.3 is 0 Å². The number of carbonyl (C=O) groups is 13. The summed E-state index contributed by atoms with van der Waals surface area (Å²) in [5, 5.41) is 42.9. The van der Waals surface area contributed by atoms with Gasteiger partial charge in [0.2, 0.25) is 76.8 Å². The summed E-state index contributed by atoms with van der Waals surface area (Å²) in [6, 6.07) is 9.64. The van der Waals surface area contributed by atoms with Gasteiger partial charge in [0.05, 0.1) is 26.1 Å². The Morgan fingerprint density at radius 1 is 0.545 bits per heavy atom. The highest BCUT2D eigenvalue weighted by atomic mass is 16.3.